The fourth-order valence-electron chi connectivity index (χ4n) is 2.76. The molecular weight excluding hydrogens is 296 g/mol. The molecule has 1 fully saturated rings. The lowest BCUT2D eigenvalue weighted by Crippen LogP contribution is -2.51. The Kier molecular flexibility index (Phi) is 5.15. The molecule has 1 aliphatic rings. The number of nitrogens with zero attached hydrogens (tertiary/aromatic N) is 1. The van der Waals surface area contributed by atoms with Gasteiger partial charge in [0.25, 0.3) is 0 Å². The summed E-state index contributed by atoms with van der Waals surface area (Å²) < 4.78 is 16.4. The molecule has 3 rings (SSSR count). The van der Waals surface area contributed by atoms with Crippen molar-refractivity contribution in [3.63, 3.8) is 0 Å². The van der Waals surface area contributed by atoms with Crippen molar-refractivity contribution in [3.05, 3.63) is 36.1 Å². The molecule has 23 heavy (non-hydrogen) atoms. The van der Waals surface area contributed by atoms with E-state index in [1.165, 1.54) is 0 Å². The van der Waals surface area contributed by atoms with Gasteiger partial charge < -0.3 is 24.1 Å². The zero-order valence-corrected chi connectivity index (χ0v) is 13.3. The number of urea groups is 1. The number of hydrogen-bond donors (Lipinski definition) is 1. The maximum Gasteiger partial charge on any atom is 0.317 e. The SMILES string of the molecule is COC[C@H]1CN(C(=O)NCCc2cc3ccccc3o2)CCO1. The van der Waals surface area contributed by atoms with E-state index in [0.29, 0.717) is 39.3 Å². The summed E-state index contributed by atoms with van der Waals surface area (Å²) in [4.78, 5) is 14.0. The molecule has 0 bridgehead atoms. The van der Waals surface area contributed by atoms with E-state index in [4.69, 9.17) is 13.9 Å². The molecule has 0 aliphatic carbocycles. The number of ether oxygens (including phenoxy) is 2. The van der Waals surface area contributed by atoms with E-state index in [1.54, 1.807) is 12.0 Å². The van der Waals surface area contributed by atoms with E-state index in [2.05, 4.69) is 5.32 Å². The topological polar surface area (TPSA) is 63.9 Å². The zero-order chi connectivity index (χ0) is 16.1. The van der Waals surface area contributed by atoms with Gasteiger partial charge in [-0.25, -0.2) is 4.79 Å². The number of hydrogen-bond acceptors (Lipinski definition) is 4. The lowest BCUT2D eigenvalue weighted by molar-refractivity contribution is -0.0494. The van der Waals surface area contributed by atoms with Crippen LogP contribution in [0.2, 0.25) is 0 Å². The normalized spacial score (nSPS) is 18.3. The Morgan fingerprint density at radius 3 is 3.13 bits per heavy atom. The molecule has 124 valence electrons. The largest absolute Gasteiger partial charge is 0.461 e. The molecule has 0 spiro atoms. The number of carbonyl (C=O) groups is 1. The van der Waals surface area contributed by atoms with Gasteiger partial charge in [-0.15, -0.1) is 0 Å². The Morgan fingerprint density at radius 2 is 2.30 bits per heavy atom. The average Bonchev–Trinajstić information content (AvgIpc) is 2.98. The number of amides is 2. The van der Waals surface area contributed by atoms with Gasteiger partial charge in [0.05, 0.1) is 25.9 Å². The summed E-state index contributed by atoms with van der Waals surface area (Å²) in [6, 6.07) is 9.85. The first-order valence-corrected chi connectivity index (χ1v) is 7.87. The minimum atomic E-state index is -0.0643. The lowest BCUT2D eigenvalue weighted by atomic mass is 10.2. The van der Waals surface area contributed by atoms with Crippen LogP contribution in [-0.2, 0) is 15.9 Å². The molecule has 1 aliphatic heterocycles. The molecule has 1 aromatic heterocycles. The highest BCUT2D eigenvalue weighted by Gasteiger charge is 2.23. The predicted octanol–water partition coefficient (Wildman–Crippen LogP) is 2.03. The van der Waals surface area contributed by atoms with Crippen molar-refractivity contribution in [2.75, 3.05) is 40.0 Å². The van der Waals surface area contributed by atoms with Gasteiger partial charge in [-0.2, -0.15) is 0 Å². The lowest BCUT2D eigenvalue weighted by Gasteiger charge is -2.32. The van der Waals surface area contributed by atoms with Crippen molar-refractivity contribution in [3.8, 4) is 0 Å². The third-order valence-electron chi connectivity index (χ3n) is 3.90. The van der Waals surface area contributed by atoms with Crippen LogP contribution in [0.4, 0.5) is 4.79 Å². The molecule has 1 N–H and O–H groups in total. The van der Waals surface area contributed by atoms with Gasteiger partial charge in [0.2, 0.25) is 0 Å². The van der Waals surface area contributed by atoms with Crippen LogP contribution in [0.25, 0.3) is 11.0 Å². The van der Waals surface area contributed by atoms with Gasteiger partial charge in [0.15, 0.2) is 0 Å². The van der Waals surface area contributed by atoms with Crippen molar-refractivity contribution in [1.82, 2.24) is 10.2 Å². The second-order valence-electron chi connectivity index (χ2n) is 5.63. The molecule has 2 amide bonds. The Labute approximate surface area is 135 Å². The van der Waals surface area contributed by atoms with E-state index in [0.717, 1.165) is 16.7 Å². The highest BCUT2D eigenvalue weighted by molar-refractivity contribution is 5.77. The molecular formula is C17H22N2O4. The molecule has 0 unspecified atom stereocenters. The second kappa shape index (κ2) is 7.48. The van der Waals surface area contributed by atoms with E-state index in [1.807, 2.05) is 30.3 Å². The Bertz CT molecular complexity index is 620. The fraction of sp³-hybridized carbons (Fsp3) is 0.471. The summed E-state index contributed by atoms with van der Waals surface area (Å²) in [5.74, 6) is 0.880. The molecule has 2 aromatic rings. The van der Waals surface area contributed by atoms with Crippen molar-refractivity contribution >= 4 is 17.0 Å². The first kappa shape index (κ1) is 15.8. The smallest absolute Gasteiger partial charge is 0.317 e. The quantitative estimate of drug-likeness (QED) is 0.916. The van der Waals surface area contributed by atoms with Gasteiger partial charge in [-0.05, 0) is 12.1 Å². The number of furan rings is 1. The third-order valence-corrected chi connectivity index (χ3v) is 3.90. The fourth-order valence-corrected chi connectivity index (χ4v) is 2.76. The molecule has 0 saturated carbocycles. The molecule has 6 nitrogen and oxygen atoms in total. The summed E-state index contributed by atoms with van der Waals surface area (Å²) in [7, 11) is 1.63. The van der Waals surface area contributed by atoms with Gasteiger partial charge in [-0.3, -0.25) is 0 Å². The van der Waals surface area contributed by atoms with Crippen LogP contribution in [0.3, 0.4) is 0 Å². The number of rotatable bonds is 5. The Balaban J connectivity index is 1.47. The number of para-hydroxylation sites is 1. The average molecular weight is 318 g/mol. The first-order chi connectivity index (χ1) is 11.3. The number of morpholine rings is 1. The second-order valence-corrected chi connectivity index (χ2v) is 5.63. The van der Waals surface area contributed by atoms with Crippen LogP contribution in [0, 0.1) is 0 Å². The monoisotopic (exact) mass is 318 g/mol. The van der Waals surface area contributed by atoms with E-state index < -0.39 is 0 Å². The van der Waals surface area contributed by atoms with Gasteiger partial charge in [-0.1, -0.05) is 18.2 Å². The first-order valence-electron chi connectivity index (χ1n) is 7.87. The van der Waals surface area contributed by atoms with Crippen LogP contribution in [0.1, 0.15) is 5.76 Å². The van der Waals surface area contributed by atoms with Crippen LogP contribution in [0.15, 0.2) is 34.7 Å². The maximum absolute atomic E-state index is 12.2. The van der Waals surface area contributed by atoms with Gasteiger partial charge >= 0.3 is 6.03 Å². The van der Waals surface area contributed by atoms with Crippen LogP contribution < -0.4 is 5.32 Å². The standard InChI is InChI=1S/C17H22N2O4/c1-21-12-15-11-19(8-9-22-15)17(20)18-7-6-14-10-13-4-2-3-5-16(13)23-14/h2-5,10,15H,6-9,11-12H2,1H3,(H,18,20)/t15-/m1/s1. The van der Waals surface area contributed by atoms with Crippen LogP contribution >= 0.6 is 0 Å². The number of carbonyl (C=O) groups excluding carboxylic acids is 1. The number of nitrogens with one attached hydrogen (secondary N) is 1. The summed E-state index contributed by atoms with van der Waals surface area (Å²) in [6.07, 6.45) is 0.626. The Morgan fingerprint density at radius 1 is 1.43 bits per heavy atom. The third kappa shape index (κ3) is 4.03. The molecule has 2 heterocycles. The highest BCUT2D eigenvalue weighted by Crippen LogP contribution is 2.18. The van der Waals surface area contributed by atoms with Gasteiger partial charge in [0.1, 0.15) is 11.3 Å². The molecule has 6 heteroatoms. The van der Waals surface area contributed by atoms with Crippen LogP contribution in [-0.4, -0.2) is 57.0 Å². The van der Waals surface area contributed by atoms with E-state index in [9.17, 15) is 4.79 Å². The Hall–Kier alpha value is -2.05. The van der Waals surface area contributed by atoms with Crippen molar-refractivity contribution < 1.29 is 18.7 Å². The van der Waals surface area contributed by atoms with Crippen molar-refractivity contribution in [2.45, 2.75) is 12.5 Å². The van der Waals surface area contributed by atoms with E-state index >= 15 is 0 Å². The highest BCUT2D eigenvalue weighted by atomic mass is 16.5. The van der Waals surface area contributed by atoms with Crippen LogP contribution in [0.5, 0.6) is 0 Å². The molecule has 1 saturated heterocycles. The molecule has 0 radical (unpaired) electrons. The minimum absolute atomic E-state index is 0.0464. The van der Waals surface area contributed by atoms with E-state index in [-0.39, 0.29) is 12.1 Å². The number of benzene rings is 1. The zero-order valence-electron chi connectivity index (χ0n) is 13.3. The van der Waals surface area contributed by atoms with Gasteiger partial charge in [0, 0.05) is 32.0 Å². The molecule has 1 atom stereocenters. The minimum Gasteiger partial charge on any atom is -0.461 e. The summed E-state index contributed by atoms with van der Waals surface area (Å²) in [5, 5.41) is 4.03. The summed E-state index contributed by atoms with van der Waals surface area (Å²) >= 11 is 0. The summed E-state index contributed by atoms with van der Waals surface area (Å²) in [5.41, 5.74) is 0.879. The maximum atomic E-state index is 12.2. The molecule has 1 aromatic carbocycles. The summed E-state index contributed by atoms with van der Waals surface area (Å²) in [6.45, 7) is 2.76. The van der Waals surface area contributed by atoms with Crippen molar-refractivity contribution in [2.24, 2.45) is 0 Å². The van der Waals surface area contributed by atoms with Crippen molar-refractivity contribution in [1.29, 1.82) is 0 Å². The predicted molar refractivity (Wildman–Crippen MR) is 86.5 cm³/mol. The number of methoxy groups -OCH3 is 1. The number of fused-ring (bicyclic) bond motifs is 1.